The zero-order valence-corrected chi connectivity index (χ0v) is 10.6. The van der Waals surface area contributed by atoms with Gasteiger partial charge < -0.3 is 0 Å². The summed E-state index contributed by atoms with van der Waals surface area (Å²) in [6.45, 7) is 2.54. The van der Waals surface area contributed by atoms with Crippen LogP contribution in [0, 0.1) is 0 Å². The molecule has 1 fully saturated rings. The molecule has 0 bridgehead atoms. The van der Waals surface area contributed by atoms with Crippen molar-refractivity contribution in [3.63, 3.8) is 0 Å². The average Bonchev–Trinajstić information content (AvgIpc) is 2.11. The normalized spacial score (nSPS) is 21.9. The van der Waals surface area contributed by atoms with Gasteiger partial charge in [0.1, 0.15) is 5.54 Å². The lowest BCUT2D eigenvalue weighted by molar-refractivity contribution is -0.141. The van der Waals surface area contributed by atoms with Crippen molar-refractivity contribution >= 4 is 33.4 Å². The van der Waals surface area contributed by atoms with Crippen LogP contribution in [0.25, 0.3) is 0 Å². The van der Waals surface area contributed by atoms with Gasteiger partial charge in [-0.15, -0.1) is 11.6 Å². The minimum Gasteiger partial charge on any atom is -0.294 e. The summed E-state index contributed by atoms with van der Waals surface area (Å²) in [6, 6.07) is 0. The smallest absolute Gasteiger partial charge is 0.247 e. The third-order valence-corrected chi connectivity index (χ3v) is 4.78. The highest BCUT2D eigenvalue weighted by Crippen LogP contribution is 2.22. The number of imide groups is 1. The van der Waals surface area contributed by atoms with Crippen LogP contribution >= 0.6 is 11.6 Å². The lowest BCUT2D eigenvalue weighted by atomic mass is 10.0. The van der Waals surface area contributed by atoms with Crippen LogP contribution in [-0.4, -0.2) is 48.3 Å². The van der Waals surface area contributed by atoms with Gasteiger partial charge in [-0.25, -0.2) is 8.42 Å². The molecule has 92 valence electrons. The molecule has 2 amide bonds. The van der Waals surface area contributed by atoms with E-state index in [1.807, 2.05) is 0 Å². The molecule has 8 heteroatoms. The van der Waals surface area contributed by atoms with E-state index >= 15 is 0 Å². The molecule has 0 atom stereocenters. The zero-order valence-electron chi connectivity index (χ0n) is 8.99. The van der Waals surface area contributed by atoms with Crippen LogP contribution in [0.5, 0.6) is 0 Å². The molecule has 0 aromatic carbocycles. The van der Waals surface area contributed by atoms with E-state index in [-0.39, 0.29) is 18.2 Å². The van der Waals surface area contributed by atoms with Gasteiger partial charge in [-0.3, -0.25) is 14.9 Å². The molecular weight excluding hydrogens is 256 g/mol. The third kappa shape index (κ3) is 2.36. The van der Waals surface area contributed by atoms with Crippen molar-refractivity contribution in [1.29, 1.82) is 0 Å². The molecule has 0 saturated carbocycles. The van der Waals surface area contributed by atoms with Crippen LogP contribution in [-0.2, 0) is 19.6 Å². The van der Waals surface area contributed by atoms with Crippen molar-refractivity contribution in [1.82, 2.24) is 9.62 Å². The molecular formula is C8H13ClN2O4S. The van der Waals surface area contributed by atoms with Crippen LogP contribution in [0.2, 0.25) is 0 Å². The number of carbonyl (C=O) groups is 2. The summed E-state index contributed by atoms with van der Waals surface area (Å²) >= 11 is 5.38. The third-order valence-electron chi connectivity index (χ3n) is 2.39. The molecule has 1 saturated heterocycles. The molecule has 1 N–H and O–H groups in total. The summed E-state index contributed by atoms with van der Waals surface area (Å²) in [5.74, 6) is -1.62. The number of piperazine rings is 1. The molecule has 0 radical (unpaired) electrons. The van der Waals surface area contributed by atoms with Gasteiger partial charge in [0.25, 0.3) is 0 Å². The van der Waals surface area contributed by atoms with Crippen LogP contribution in [0.3, 0.4) is 0 Å². The maximum Gasteiger partial charge on any atom is 0.247 e. The Labute approximate surface area is 99.0 Å². The van der Waals surface area contributed by atoms with E-state index in [1.165, 1.54) is 13.8 Å². The van der Waals surface area contributed by atoms with Crippen molar-refractivity contribution in [2.75, 3.05) is 18.2 Å². The molecule has 16 heavy (non-hydrogen) atoms. The lowest BCUT2D eigenvalue weighted by Gasteiger charge is -2.38. The van der Waals surface area contributed by atoms with Crippen molar-refractivity contribution in [3.8, 4) is 0 Å². The molecule has 0 aliphatic carbocycles. The molecule has 1 aliphatic rings. The Hall–Kier alpha value is -0.660. The summed E-state index contributed by atoms with van der Waals surface area (Å²) in [4.78, 5) is 22.7. The molecule has 1 heterocycles. The van der Waals surface area contributed by atoms with Gasteiger partial charge >= 0.3 is 0 Å². The summed E-state index contributed by atoms with van der Waals surface area (Å²) < 4.78 is 24.5. The van der Waals surface area contributed by atoms with Gasteiger partial charge in [0.2, 0.25) is 21.8 Å². The zero-order chi connectivity index (χ0) is 12.6. The van der Waals surface area contributed by atoms with Crippen molar-refractivity contribution < 1.29 is 18.0 Å². The minimum atomic E-state index is -3.69. The summed E-state index contributed by atoms with van der Waals surface area (Å²) in [7, 11) is -3.69. The number of alkyl halides is 1. The van der Waals surface area contributed by atoms with Gasteiger partial charge in [-0.2, -0.15) is 4.31 Å². The predicted octanol–water partition coefficient (Wildman–Crippen LogP) is -0.708. The molecule has 0 spiro atoms. The number of amides is 2. The van der Waals surface area contributed by atoms with Gasteiger partial charge in [0.15, 0.2) is 0 Å². The number of hydrogen-bond acceptors (Lipinski definition) is 4. The van der Waals surface area contributed by atoms with Gasteiger partial charge in [-0.1, -0.05) is 0 Å². The number of nitrogens with zero attached hydrogens (tertiary/aromatic N) is 1. The van der Waals surface area contributed by atoms with E-state index in [2.05, 4.69) is 5.32 Å². The molecule has 1 aliphatic heterocycles. The van der Waals surface area contributed by atoms with E-state index in [0.717, 1.165) is 4.31 Å². The Bertz CT molecular complexity index is 418. The Balaban J connectivity index is 3.10. The highest BCUT2D eigenvalue weighted by atomic mass is 35.5. The quantitative estimate of drug-likeness (QED) is 0.542. The second kappa shape index (κ2) is 4.31. The SMILES string of the molecule is CC1(C)C(=O)NC(=O)CN1S(=O)(=O)CCCl. The number of nitrogens with one attached hydrogen (secondary N) is 1. The first-order chi connectivity index (χ1) is 7.21. The number of carbonyl (C=O) groups excluding carboxylic acids is 2. The second-order valence-electron chi connectivity index (χ2n) is 3.95. The Morgan fingerprint density at radius 2 is 2.00 bits per heavy atom. The highest BCUT2D eigenvalue weighted by molar-refractivity contribution is 7.89. The fourth-order valence-corrected chi connectivity index (χ4v) is 3.51. The van der Waals surface area contributed by atoms with E-state index in [9.17, 15) is 18.0 Å². The van der Waals surface area contributed by atoms with Crippen molar-refractivity contribution in [3.05, 3.63) is 0 Å². The standard InChI is InChI=1S/C8H13ClN2O4S/c1-8(2)7(13)10-6(12)5-11(8)16(14,15)4-3-9/h3-5H2,1-2H3,(H,10,12,13). The van der Waals surface area contributed by atoms with Gasteiger partial charge in [0.05, 0.1) is 12.3 Å². The average molecular weight is 269 g/mol. The lowest BCUT2D eigenvalue weighted by Crippen LogP contribution is -2.65. The monoisotopic (exact) mass is 268 g/mol. The summed E-state index contributed by atoms with van der Waals surface area (Å²) in [5.41, 5.74) is -1.27. The molecule has 0 aromatic heterocycles. The van der Waals surface area contributed by atoms with Crippen molar-refractivity contribution in [2.24, 2.45) is 0 Å². The summed E-state index contributed by atoms with van der Waals surface area (Å²) in [6.07, 6.45) is 0. The Morgan fingerprint density at radius 1 is 1.44 bits per heavy atom. The Morgan fingerprint density at radius 3 is 2.50 bits per heavy atom. The van der Waals surface area contributed by atoms with Crippen LogP contribution in [0.1, 0.15) is 13.8 Å². The maximum absolute atomic E-state index is 11.8. The predicted molar refractivity (Wildman–Crippen MR) is 58.4 cm³/mol. The van der Waals surface area contributed by atoms with Crippen molar-refractivity contribution in [2.45, 2.75) is 19.4 Å². The number of sulfonamides is 1. The number of hydrogen-bond donors (Lipinski definition) is 1. The topological polar surface area (TPSA) is 83.6 Å². The first-order valence-electron chi connectivity index (χ1n) is 4.62. The van der Waals surface area contributed by atoms with Crippen LogP contribution in [0.4, 0.5) is 0 Å². The van der Waals surface area contributed by atoms with E-state index in [1.54, 1.807) is 0 Å². The van der Waals surface area contributed by atoms with E-state index in [0.29, 0.717) is 0 Å². The molecule has 6 nitrogen and oxygen atoms in total. The van der Waals surface area contributed by atoms with Gasteiger partial charge in [0, 0.05) is 5.88 Å². The maximum atomic E-state index is 11.8. The van der Waals surface area contributed by atoms with Gasteiger partial charge in [-0.05, 0) is 13.8 Å². The fraction of sp³-hybridized carbons (Fsp3) is 0.750. The largest absolute Gasteiger partial charge is 0.294 e. The number of rotatable bonds is 3. The Kier molecular flexibility index (Phi) is 3.61. The fourth-order valence-electron chi connectivity index (χ4n) is 1.41. The second-order valence-corrected chi connectivity index (χ2v) is 6.34. The first kappa shape index (κ1) is 13.4. The van der Waals surface area contributed by atoms with Crippen LogP contribution < -0.4 is 5.32 Å². The minimum absolute atomic E-state index is 0.0786. The highest BCUT2D eigenvalue weighted by Gasteiger charge is 2.46. The summed E-state index contributed by atoms with van der Waals surface area (Å²) in [5, 5.41) is 2.10. The van der Waals surface area contributed by atoms with Crippen LogP contribution in [0.15, 0.2) is 0 Å². The number of halogens is 1. The molecule has 1 rings (SSSR count). The van der Waals surface area contributed by atoms with E-state index in [4.69, 9.17) is 11.6 Å². The molecule has 0 aromatic rings. The van der Waals surface area contributed by atoms with E-state index < -0.39 is 27.4 Å². The first-order valence-corrected chi connectivity index (χ1v) is 6.77. The molecule has 0 unspecified atom stereocenters.